The molecule has 0 heterocycles. The van der Waals surface area contributed by atoms with Gasteiger partial charge in [-0.1, -0.05) is 30.3 Å². The van der Waals surface area contributed by atoms with E-state index in [1.54, 1.807) is 13.2 Å². The number of carbonyl (C=O) groups is 1. The number of carboxylic acids is 1. The Kier molecular flexibility index (Phi) is 5.83. The van der Waals surface area contributed by atoms with Crippen molar-refractivity contribution in [1.82, 2.24) is 0 Å². The Bertz CT molecular complexity index is 681. The molecule has 0 bridgehead atoms. The molecule has 0 spiro atoms. The molecule has 0 aromatic heterocycles. The smallest absolute Gasteiger partial charge is 0.328 e. The third-order valence-corrected chi connectivity index (χ3v) is 3.70. The number of ether oxygens (including phenoxy) is 2. The predicted octanol–water partition coefficient (Wildman–Crippen LogP) is 3.98. The summed E-state index contributed by atoms with van der Waals surface area (Å²) in [6, 6.07) is 13.5. The molecule has 114 valence electrons. The third-order valence-electron chi connectivity index (χ3n) is 2.90. The third kappa shape index (κ3) is 4.49. The molecule has 0 aliphatic heterocycles. The van der Waals surface area contributed by atoms with Gasteiger partial charge in [0.25, 0.3) is 0 Å². The van der Waals surface area contributed by atoms with Gasteiger partial charge in [-0.2, -0.15) is 0 Å². The Morgan fingerprint density at radius 1 is 1.27 bits per heavy atom. The zero-order valence-electron chi connectivity index (χ0n) is 12.0. The standard InChI is InChI=1S/C17H15IO4/c1-21-15-10-13(7-8-16(19)20)9-14(18)17(15)22-11-12-5-3-2-4-6-12/h2-10H,11H2,1H3,(H,19,20)/b8-7+. The Hall–Kier alpha value is -2.02. The first-order chi connectivity index (χ1) is 10.6. The van der Waals surface area contributed by atoms with E-state index < -0.39 is 5.97 Å². The van der Waals surface area contributed by atoms with E-state index in [2.05, 4.69) is 22.6 Å². The number of aliphatic carboxylic acids is 1. The van der Waals surface area contributed by atoms with E-state index in [-0.39, 0.29) is 0 Å². The normalized spacial score (nSPS) is 10.6. The van der Waals surface area contributed by atoms with Crippen molar-refractivity contribution in [2.24, 2.45) is 0 Å². The van der Waals surface area contributed by atoms with Crippen LogP contribution in [0, 0.1) is 3.57 Å². The number of hydrogen-bond acceptors (Lipinski definition) is 3. The van der Waals surface area contributed by atoms with Crippen molar-refractivity contribution in [2.75, 3.05) is 7.11 Å². The van der Waals surface area contributed by atoms with E-state index in [4.69, 9.17) is 14.6 Å². The summed E-state index contributed by atoms with van der Waals surface area (Å²) in [5.74, 6) is 0.241. The molecule has 2 aromatic carbocycles. The molecule has 1 N–H and O–H groups in total. The van der Waals surface area contributed by atoms with Crippen LogP contribution in [0.3, 0.4) is 0 Å². The average molecular weight is 410 g/mol. The fraction of sp³-hybridized carbons (Fsp3) is 0.118. The lowest BCUT2D eigenvalue weighted by atomic mass is 10.2. The molecular weight excluding hydrogens is 395 g/mol. The molecule has 0 unspecified atom stereocenters. The summed E-state index contributed by atoms with van der Waals surface area (Å²) in [6.07, 6.45) is 2.61. The van der Waals surface area contributed by atoms with E-state index >= 15 is 0 Å². The molecule has 22 heavy (non-hydrogen) atoms. The maximum absolute atomic E-state index is 10.6. The molecule has 0 saturated heterocycles. The van der Waals surface area contributed by atoms with Crippen LogP contribution in [0.15, 0.2) is 48.5 Å². The zero-order chi connectivity index (χ0) is 15.9. The highest BCUT2D eigenvalue weighted by Gasteiger charge is 2.11. The van der Waals surface area contributed by atoms with Gasteiger partial charge in [-0.25, -0.2) is 4.79 Å². The van der Waals surface area contributed by atoms with E-state index in [9.17, 15) is 4.79 Å². The first-order valence-electron chi connectivity index (χ1n) is 6.55. The molecule has 0 aliphatic rings. The van der Waals surface area contributed by atoms with Crippen LogP contribution in [0.4, 0.5) is 0 Å². The van der Waals surface area contributed by atoms with Crippen LogP contribution < -0.4 is 9.47 Å². The minimum Gasteiger partial charge on any atom is -0.493 e. The number of halogens is 1. The first-order valence-corrected chi connectivity index (χ1v) is 7.63. The fourth-order valence-corrected chi connectivity index (χ4v) is 2.65. The van der Waals surface area contributed by atoms with Gasteiger partial charge in [0.05, 0.1) is 10.7 Å². The summed E-state index contributed by atoms with van der Waals surface area (Å²) in [5, 5.41) is 8.69. The number of carboxylic acid groups (broad SMARTS) is 1. The molecule has 0 aliphatic carbocycles. The van der Waals surface area contributed by atoms with Crippen molar-refractivity contribution in [3.05, 3.63) is 63.2 Å². The maximum atomic E-state index is 10.6. The molecular formula is C17H15IO4. The van der Waals surface area contributed by atoms with Gasteiger partial charge >= 0.3 is 5.97 Å². The Morgan fingerprint density at radius 3 is 2.64 bits per heavy atom. The van der Waals surface area contributed by atoms with Crippen LogP contribution >= 0.6 is 22.6 Å². The molecule has 0 amide bonds. The molecule has 2 aromatic rings. The van der Waals surface area contributed by atoms with Gasteiger partial charge in [0, 0.05) is 6.08 Å². The van der Waals surface area contributed by atoms with E-state index in [0.29, 0.717) is 18.1 Å². The fourth-order valence-electron chi connectivity index (χ4n) is 1.87. The van der Waals surface area contributed by atoms with Crippen LogP contribution in [-0.2, 0) is 11.4 Å². The SMILES string of the molecule is COc1cc(/C=C/C(=O)O)cc(I)c1OCc1ccccc1. The summed E-state index contributed by atoms with van der Waals surface area (Å²) in [6.45, 7) is 0.442. The molecule has 2 rings (SSSR count). The molecule has 0 atom stereocenters. The molecule has 0 radical (unpaired) electrons. The van der Waals surface area contributed by atoms with Crippen molar-refractivity contribution >= 4 is 34.6 Å². The highest BCUT2D eigenvalue weighted by molar-refractivity contribution is 14.1. The van der Waals surface area contributed by atoms with Gasteiger partial charge in [0.1, 0.15) is 6.61 Å². The largest absolute Gasteiger partial charge is 0.493 e. The van der Waals surface area contributed by atoms with Gasteiger partial charge < -0.3 is 14.6 Å². The first kappa shape index (κ1) is 16.4. The quantitative estimate of drug-likeness (QED) is 0.579. The number of benzene rings is 2. The highest BCUT2D eigenvalue weighted by Crippen LogP contribution is 2.34. The molecule has 0 saturated carbocycles. The lowest BCUT2D eigenvalue weighted by Gasteiger charge is -2.13. The predicted molar refractivity (Wildman–Crippen MR) is 93.2 cm³/mol. The van der Waals surface area contributed by atoms with Crippen molar-refractivity contribution in [1.29, 1.82) is 0 Å². The van der Waals surface area contributed by atoms with Crippen LogP contribution in [-0.4, -0.2) is 18.2 Å². The summed E-state index contributed by atoms with van der Waals surface area (Å²) in [7, 11) is 1.56. The maximum Gasteiger partial charge on any atom is 0.328 e. The second-order valence-corrected chi connectivity index (χ2v) is 5.64. The van der Waals surface area contributed by atoms with Crippen LogP contribution in [0.5, 0.6) is 11.5 Å². The lowest BCUT2D eigenvalue weighted by Crippen LogP contribution is -2.00. The van der Waals surface area contributed by atoms with Crippen LogP contribution in [0.2, 0.25) is 0 Å². The van der Waals surface area contributed by atoms with Gasteiger partial charge in [0.2, 0.25) is 0 Å². The van der Waals surface area contributed by atoms with E-state index in [1.165, 1.54) is 6.08 Å². The molecule has 5 heteroatoms. The Labute approximate surface area is 142 Å². The molecule has 4 nitrogen and oxygen atoms in total. The topological polar surface area (TPSA) is 55.8 Å². The number of methoxy groups -OCH3 is 1. The number of hydrogen-bond donors (Lipinski definition) is 1. The minimum absolute atomic E-state index is 0.442. The van der Waals surface area contributed by atoms with E-state index in [1.807, 2.05) is 36.4 Å². The van der Waals surface area contributed by atoms with Crippen LogP contribution in [0.1, 0.15) is 11.1 Å². The monoisotopic (exact) mass is 410 g/mol. The number of rotatable bonds is 6. The van der Waals surface area contributed by atoms with Crippen molar-refractivity contribution in [2.45, 2.75) is 6.61 Å². The summed E-state index contributed by atoms with van der Waals surface area (Å²) in [5.41, 5.74) is 1.81. The zero-order valence-corrected chi connectivity index (χ0v) is 14.1. The van der Waals surface area contributed by atoms with Crippen molar-refractivity contribution in [3.63, 3.8) is 0 Å². The molecule has 0 fully saturated rings. The van der Waals surface area contributed by atoms with Gasteiger partial charge in [-0.3, -0.25) is 0 Å². The summed E-state index contributed by atoms with van der Waals surface area (Å²) >= 11 is 2.15. The lowest BCUT2D eigenvalue weighted by molar-refractivity contribution is -0.131. The van der Waals surface area contributed by atoms with Gasteiger partial charge in [-0.15, -0.1) is 0 Å². The van der Waals surface area contributed by atoms with Gasteiger partial charge in [0.15, 0.2) is 11.5 Å². The minimum atomic E-state index is -0.988. The van der Waals surface area contributed by atoms with Crippen molar-refractivity contribution in [3.8, 4) is 11.5 Å². The highest BCUT2D eigenvalue weighted by atomic mass is 127. The summed E-state index contributed by atoms with van der Waals surface area (Å²) < 4.78 is 12.1. The Balaban J connectivity index is 2.22. The van der Waals surface area contributed by atoms with E-state index in [0.717, 1.165) is 20.8 Å². The second-order valence-electron chi connectivity index (χ2n) is 4.48. The Morgan fingerprint density at radius 2 is 2.00 bits per heavy atom. The second kappa shape index (κ2) is 7.84. The van der Waals surface area contributed by atoms with Gasteiger partial charge in [-0.05, 0) is 51.9 Å². The van der Waals surface area contributed by atoms with Crippen LogP contribution in [0.25, 0.3) is 6.08 Å². The van der Waals surface area contributed by atoms with Crippen molar-refractivity contribution < 1.29 is 19.4 Å². The summed E-state index contributed by atoms with van der Waals surface area (Å²) in [4.78, 5) is 10.6. The average Bonchev–Trinajstić information content (AvgIpc) is 2.52.